The summed E-state index contributed by atoms with van der Waals surface area (Å²) in [5.74, 6) is 1.03. The SMILES string of the molecule is COc1ccccc1C(=O)N[C@H](C)C1CCC(c2ccnc3c(F)cccc23)CC1. The number of pyridine rings is 1. The van der Waals surface area contributed by atoms with Gasteiger partial charge in [-0.15, -0.1) is 0 Å². The maximum absolute atomic E-state index is 14.1. The number of carbonyl (C=O) groups is 1. The van der Waals surface area contributed by atoms with E-state index in [0.717, 1.165) is 31.1 Å². The number of ether oxygens (including phenoxy) is 1. The molecule has 1 fully saturated rings. The quantitative estimate of drug-likeness (QED) is 0.611. The molecular weight excluding hydrogens is 379 g/mol. The number of para-hydroxylation sites is 2. The Morgan fingerprint density at radius 1 is 1.10 bits per heavy atom. The van der Waals surface area contributed by atoms with Crippen molar-refractivity contribution in [2.75, 3.05) is 7.11 Å². The predicted octanol–water partition coefficient (Wildman–Crippen LogP) is 5.47. The van der Waals surface area contributed by atoms with Gasteiger partial charge < -0.3 is 10.1 Å². The average molecular weight is 407 g/mol. The normalized spacial score (nSPS) is 20.0. The lowest BCUT2D eigenvalue weighted by Crippen LogP contribution is -2.39. The van der Waals surface area contributed by atoms with E-state index in [1.54, 1.807) is 31.5 Å². The number of carbonyl (C=O) groups excluding carboxylic acids is 1. The summed E-state index contributed by atoms with van der Waals surface area (Å²) in [6, 6.07) is 14.6. The average Bonchev–Trinajstić information content (AvgIpc) is 2.79. The maximum Gasteiger partial charge on any atom is 0.255 e. The third-order valence-corrected chi connectivity index (χ3v) is 6.38. The van der Waals surface area contributed by atoms with Crippen molar-refractivity contribution in [3.05, 3.63) is 71.7 Å². The van der Waals surface area contributed by atoms with Crippen LogP contribution in [0, 0.1) is 11.7 Å². The number of nitrogens with zero attached hydrogens (tertiary/aromatic N) is 1. The Hall–Kier alpha value is -2.95. The van der Waals surface area contributed by atoms with E-state index in [9.17, 15) is 9.18 Å². The van der Waals surface area contributed by atoms with E-state index in [1.807, 2.05) is 24.3 Å². The zero-order valence-electron chi connectivity index (χ0n) is 17.4. The molecule has 1 atom stereocenters. The first-order valence-corrected chi connectivity index (χ1v) is 10.6. The lowest BCUT2D eigenvalue weighted by molar-refractivity contribution is 0.0915. The van der Waals surface area contributed by atoms with Crippen molar-refractivity contribution in [3.63, 3.8) is 0 Å². The summed E-state index contributed by atoms with van der Waals surface area (Å²) in [6.07, 6.45) is 5.81. The number of aromatic nitrogens is 1. The summed E-state index contributed by atoms with van der Waals surface area (Å²) < 4.78 is 19.4. The lowest BCUT2D eigenvalue weighted by Gasteiger charge is -2.33. The van der Waals surface area contributed by atoms with Crippen molar-refractivity contribution < 1.29 is 13.9 Å². The molecule has 0 spiro atoms. The van der Waals surface area contributed by atoms with Crippen LogP contribution in [0.2, 0.25) is 0 Å². The van der Waals surface area contributed by atoms with E-state index in [0.29, 0.717) is 28.7 Å². The van der Waals surface area contributed by atoms with Crippen molar-refractivity contribution >= 4 is 16.8 Å². The van der Waals surface area contributed by atoms with Gasteiger partial charge in [0.05, 0.1) is 12.7 Å². The zero-order valence-corrected chi connectivity index (χ0v) is 17.4. The Bertz CT molecular complexity index is 1040. The monoisotopic (exact) mass is 406 g/mol. The van der Waals surface area contributed by atoms with Gasteiger partial charge in [-0.25, -0.2) is 4.39 Å². The first-order valence-electron chi connectivity index (χ1n) is 10.6. The number of halogens is 1. The van der Waals surface area contributed by atoms with Crippen LogP contribution in [0.25, 0.3) is 10.9 Å². The molecule has 1 saturated carbocycles. The zero-order chi connectivity index (χ0) is 21.1. The van der Waals surface area contributed by atoms with Crippen molar-refractivity contribution in [2.45, 2.75) is 44.6 Å². The molecule has 1 heterocycles. The highest BCUT2D eigenvalue weighted by molar-refractivity contribution is 5.97. The molecule has 0 bridgehead atoms. The van der Waals surface area contributed by atoms with Crippen molar-refractivity contribution in [1.29, 1.82) is 0 Å². The molecule has 2 aromatic carbocycles. The van der Waals surface area contributed by atoms with Gasteiger partial charge in [-0.1, -0.05) is 24.3 Å². The van der Waals surface area contributed by atoms with Crippen LogP contribution in [-0.4, -0.2) is 24.0 Å². The van der Waals surface area contributed by atoms with Gasteiger partial charge in [-0.05, 0) is 74.3 Å². The molecule has 1 aromatic heterocycles. The number of fused-ring (bicyclic) bond motifs is 1. The second-order valence-corrected chi connectivity index (χ2v) is 8.11. The molecule has 1 N–H and O–H groups in total. The van der Waals surface area contributed by atoms with E-state index in [4.69, 9.17) is 4.74 Å². The maximum atomic E-state index is 14.1. The largest absolute Gasteiger partial charge is 0.496 e. The van der Waals surface area contributed by atoms with Crippen LogP contribution in [0.1, 0.15) is 54.4 Å². The fraction of sp³-hybridized carbons (Fsp3) is 0.360. The second-order valence-electron chi connectivity index (χ2n) is 8.11. The van der Waals surface area contributed by atoms with E-state index in [2.05, 4.69) is 17.2 Å². The van der Waals surface area contributed by atoms with Gasteiger partial charge in [0.25, 0.3) is 5.91 Å². The van der Waals surface area contributed by atoms with Crippen LogP contribution in [0.4, 0.5) is 4.39 Å². The molecule has 0 unspecified atom stereocenters. The number of hydrogen-bond acceptors (Lipinski definition) is 3. The molecule has 1 amide bonds. The molecule has 1 aliphatic rings. The van der Waals surface area contributed by atoms with Gasteiger partial charge in [0, 0.05) is 17.6 Å². The summed E-state index contributed by atoms with van der Waals surface area (Å²) in [5, 5.41) is 4.07. The van der Waals surface area contributed by atoms with E-state index < -0.39 is 0 Å². The summed E-state index contributed by atoms with van der Waals surface area (Å²) in [7, 11) is 1.57. The number of methoxy groups -OCH3 is 1. The summed E-state index contributed by atoms with van der Waals surface area (Å²) in [5.41, 5.74) is 2.20. The molecule has 156 valence electrons. The van der Waals surface area contributed by atoms with Gasteiger partial charge in [-0.3, -0.25) is 9.78 Å². The highest BCUT2D eigenvalue weighted by Gasteiger charge is 2.28. The fourth-order valence-corrected chi connectivity index (χ4v) is 4.68. The van der Waals surface area contributed by atoms with Crippen molar-refractivity contribution in [1.82, 2.24) is 10.3 Å². The molecule has 4 rings (SSSR count). The Morgan fingerprint density at radius 2 is 1.87 bits per heavy atom. The minimum absolute atomic E-state index is 0.0787. The lowest BCUT2D eigenvalue weighted by atomic mass is 9.75. The van der Waals surface area contributed by atoms with E-state index in [-0.39, 0.29) is 17.8 Å². The fourth-order valence-electron chi connectivity index (χ4n) is 4.68. The molecule has 0 saturated heterocycles. The molecule has 0 aliphatic heterocycles. The molecule has 0 radical (unpaired) electrons. The standard InChI is InChI=1S/C25H27FN2O2/c1-16(28-25(29)21-6-3-4-9-23(21)30-2)17-10-12-18(13-11-17)19-14-15-27-24-20(19)7-5-8-22(24)26/h3-9,14-18H,10-13H2,1-2H3,(H,28,29)/t16-,17?,18?/m1/s1. The van der Waals surface area contributed by atoms with Crippen LogP contribution in [-0.2, 0) is 0 Å². The Balaban J connectivity index is 1.41. The van der Waals surface area contributed by atoms with Crippen molar-refractivity contribution in [3.8, 4) is 5.75 Å². The van der Waals surface area contributed by atoms with E-state index >= 15 is 0 Å². The third-order valence-electron chi connectivity index (χ3n) is 6.38. The van der Waals surface area contributed by atoms with Crippen LogP contribution in [0.15, 0.2) is 54.7 Å². The van der Waals surface area contributed by atoms with Crippen molar-refractivity contribution in [2.24, 2.45) is 5.92 Å². The summed E-state index contributed by atoms with van der Waals surface area (Å²) >= 11 is 0. The van der Waals surface area contributed by atoms with Crippen LogP contribution in [0.5, 0.6) is 5.75 Å². The van der Waals surface area contributed by atoms with Crippen LogP contribution >= 0.6 is 0 Å². The predicted molar refractivity (Wildman–Crippen MR) is 116 cm³/mol. The smallest absolute Gasteiger partial charge is 0.255 e. The van der Waals surface area contributed by atoms with E-state index in [1.165, 1.54) is 11.6 Å². The molecular formula is C25H27FN2O2. The Morgan fingerprint density at radius 3 is 2.63 bits per heavy atom. The van der Waals surface area contributed by atoms with Gasteiger partial charge in [-0.2, -0.15) is 0 Å². The van der Waals surface area contributed by atoms with Gasteiger partial charge >= 0.3 is 0 Å². The number of nitrogens with one attached hydrogen (secondary N) is 1. The molecule has 1 aliphatic carbocycles. The number of amides is 1. The first-order chi connectivity index (χ1) is 14.6. The minimum Gasteiger partial charge on any atom is -0.496 e. The number of benzene rings is 2. The van der Waals surface area contributed by atoms with Crippen LogP contribution < -0.4 is 10.1 Å². The van der Waals surface area contributed by atoms with Crippen LogP contribution in [0.3, 0.4) is 0 Å². The second kappa shape index (κ2) is 8.82. The molecule has 30 heavy (non-hydrogen) atoms. The topological polar surface area (TPSA) is 51.2 Å². The Kier molecular flexibility index (Phi) is 5.98. The van der Waals surface area contributed by atoms with Gasteiger partial charge in [0.15, 0.2) is 0 Å². The minimum atomic E-state index is -0.268. The molecule has 3 aromatic rings. The summed E-state index contributed by atoms with van der Waals surface area (Å²) in [4.78, 5) is 16.9. The molecule has 5 heteroatoms. The number of hydrogen-bond donors (Lipinski definition) is 1. The molecule has 4 nitrogen and oxygen atoms in total. The number of rotatable bonds is 5. The Labute approximate surface area is 176 Å². The highest BCUT2D eigenvalue weighted by Crippen LogP contribution is 2.39. The summed E-state index contributed by atoms with van der Waals surface area (Å²) in [6.45, 7) is 2.08. The van der Waals surface area contributed by atoms with Gasteiger partial charge in [0.2, 0.25) is 0 Å². The first kappa shape index (κ1) is 20.3. The highest BCUT2D eigenvalue weighted by atomic mass is 19.1. The third kappa shape index (κ3) is 4.02. The van der Waals surface area contributed by atoms with Gasteiger partial charge in [0.1, 0.15) is 17.1 Å².